The number of benzene rings is 1. The molecule has 1 heteroatoms. The van der Waals surface area contributed by atoms with E-state index in [1.807, 2.05) is 0 Å². The van der Waals surface area contributed by atoms with E-state index in [1.165, 1.54) is 44.9 Å². The third-order valence-electron chi connectivity index (χ3n) is 4.67. The fourth-order valence-corrected chi connectivity index (χ4v) is 3.75. The van der Waals surface area contributed by atoms with Gasteiger partial charge in [0.15, 0.2) is 0 Å². The second-order valence-corrected chi connectivity index (χ2v) is 5.49. The van der Waals surface area contributed by atoms with Crippen LogP contribution in [0.15, 0.2) is 18.2 Å². The first kappa shape index (κ1) is 10.3. The van der Waals surface area contributed by atoms with Gasteiger partial charge in [-0.3, -0.25) is 0 Å². The van der Waals surface area contributed by atoms with Crippen molar-refractivity contribution in [2.45, 2.75) is 50.4 Å². The van der Waals surface area contributed by atoms with Gasteiger partial charge in [-0.1, -0.05) is 31.0 Å². The van der Waals surface area contributed by atoms with Gasteiger partial charge in [0.1, 0.15) is 0 Å². The molecular weight excluding hydrogens is 194 g/mol. The lowest BCUT2D eigenvalue weighted by Crippen LogP contribution is -2.33. The summed E-state index contributed by atoms with van der Waals surface area (Å²) in [5.74, 6) is 0. The van der Waals surface area contributed by atoms with Crippen molar-refractivity contribution in [1.82, 2.24) is 0 Å². The van der Waals surface area contributed by atoms with E-state index in [1.54, 1.807) is 16.7 Å². The highest BCUT2D eigenvalue weighted by molar-refractivity contribution is 5.43. The van der Waals surface area contributed by atoms with E-state index in [0.29, 0.717) is 5.41 Å². The Labute approximate surface area is 98.0 Å². The summed E-state index contributed by atoms with van der Waals surface area (Å²) >= 11 is 0. The molecule has 2 N–H and O–H groups in total. The number of nitrogens with two attached hydrogens (primary N) is 1. The van der Waals surface area contributed by atoms with Crippen molar-refractivity contribution in [3.8, 4) is 0 Å². The van der Waals surface area contributed by atoms with E-state index in [-0.39, 0.29) is 0 Å². The number of hydrogen-bond donors (Lipinski definition) is 1. The maximum absolute atomic E-state index is 6.09. The van der Waals surface area contributed by atoms with Gasteiger partial charge in [0, 0.05) is 12.0 Å². The van der Waals surface area contributed by atoms with Gasteiger partial charge in [-0.05, 0) is 48.8 Å². The highest BCUT2D eigenvalue weighted by atomic mass is 14.6. The Balaban J connectivity index is 2.08. The molecule has 16 heavy (non-hydrogen) atoms. The summed E-state index contributed by atoms with van der Waals surface area (Å²) in [4.78, 5) is 0. The Morgan fingerprint density at radius 1 is 1.06 bits per heavy atom. The average Bonchev–Trinajstić information content (AvgIpc) is 2.98. The molecule has 2 aliphatic carbocycles. The van der Waals surface area contributed by atoms with Crippen LogP contribution in [0.25, 0.3) is 0 Å². The van der Waals surface area contributed by atoms with E-state index in [4.69, 9.17) is 5.73 Å². The van der Waals surface area contributed by atoms with Crippen molar-refractivity contribution in [1.29, 1.82) is 0 Å². The predicted octanol–water partition coefficient (Wildman–Crippen LogP) is 2.95. The Bertz CT molecular complexity index is 388. The zero-order valence-electron chi connectivity index (χ0n) is 9.97. The van der Waals surface area contributed by atoms with Crippen molar-refractivity contribution >= 4 is 0 Å². The normalized spacial score (nSPS) is 22.3. The Morgan fingerprint density at radius 3 is 2.62 bits per heavy atom. The van der Waals surface area contributed by atoms with E-state index >= 15 is 0 Å². The standard InChI is InChI=1S/C15H21N/c16-11-15(9-1-2-10-15)14-8-4-6-12-5-3-7-13(12)14/h4,6,8H,1-3,5,7,9-11,16H2. The van der Waals surface area contributed by atoms with Gasteiger partial charge in [0.05, 0.1) is 0 Å². The van der Waals surface area contributed by atoms with E-state index in [9.17, 15) is 0 Å². The van der Waals surface area contributed by atoms with Crippen molar-refractivity contribution in [3.05, 3.63) is 34.9 Å². The molecule has 1 saturated carbocycles. The monoisotopic (exact) mass is 215 g/mol. The minimum atomic E-state index is 0.329. The lowest BCUT2D eigenvalue weighted by Gasteiger charge is -2.30. The van der Waals surface area contributed by atoms with Crippen LogP contribution in [0, 0.1) is 0 Å². The molecule has 0 atom stereocenters. The zero-order valence-corrected chi connectivity index (χ0v) is 9.97. The second-order valence-electron chi connectivity index (χ2n) is 5.49. The largest absolute Gasteiger partial charge is 0.330 e. The molecule has 1 nitrogen and oxygen atoms in total. The van der Waals surface area contributed by atoms with Gasteiger partial charge >= 0.3 is 0 Å². The first-order valence-electron chi connectivity index (χ1n) is 6.67. The minimum absolute atomic E-state index is 0.329. The Kier molecular flexibility index (Phi) is 2.51. The molecule has 0 amide bonds. The SMILES string of the molecule is NCC1(c2cccc3c2CCC3)CCCC1. The summed E-state index contributed by atoms with van der Waals surface area (Å²) in [7, 11) is 0. The second kappa shape index (κ2) is 3.89. The quantitative estimate of drug-likeness (QED) is 0.806. The molecule has 0 unspecified atom stereocenters. The van der Waals surface area contributed by atoms with Gasteiger partial charge in [-0.25, -0.2) is 0 Å². The average molecular weight is 215 g/mol. The molecule has 0 aliphatic heterocycles. The molecular formula is C15H21N. The summed E-state index contributed by atoms with van der Waals surface area (Å²) in [6.07, 6.45) is 9.24. The summed E-state index contributed by atoms with van der Waals surface area (Å²) in [6.45, 7) is 0.837. The van der Waals surface area contributed by atoms with Gasteiger partial charge < -0.3 is 5.73 Å². The smallest absolute Gasteiger partial charge is 0.00783 e. The van der Waals surface area contributed by atoms with Crippen LogP contribution < -0.4 is 5.73 Å². The summed E-state index contributed by atoms with van der Waals surface area (Å²) in [6, 6.07) is 6.91. The van der Waals surface area contributed by atoms with Gasteiger partial charge in [0.25, 0.3) is 0 Å². The maximum atomic E-state index is 6.09. The van der Waals surface area contributed by atoms with Crippen molar-refractivity contribution in [3.63, 3.8) is 0 Å². The summed E-state index contributed by atoms with van der Waals surface area (Å²) in [5, 5.41) is 0. The van der Waals surface area contributed by atoms with Gasteiger partial charge in [-0.2, -0.15) is 0 Å². The molecule has 1 aromatic carbocycles. The number of rotatable bonds is 2. The molecule has 1 aromatic rings. The molecule has 3 rings (SSSR count). The highest BCUT2D eigenvalue weighted by Crippen LogP contribution is 2.43. The molecule has 0 aromatic heterocycles. The van der Waals surface area contributed by atoms with Crippen LogP contribution >= 0.6 is 0 Å². The van der Waals surface area contributed by atoms with Gasteiger partial charge in [0.2, 0.25) is 0 Å². The first-order chi connectivity index (χ1) is 7.86. The highest BCUT2D eigenvalue weighted by Gasteiger charge is 2.36. The van der Waals surface area contributed by atoms with Crippen molar-refractivity contribution in [2.24, 2.45) is 5.73 Å². The lowest BCUT2D eigenvalue weighted by atomic mass is 9.76. The molecule has 0 heterocycles. The third-order valence-corrected chi connectivity index (χ3v) is 4.67. The van der Waals surface area contributed by atoms with Crippen molar-refractivity contribution in [2.75, 3.05) is 6.54 Å². The molecule has 0 spiro atoms. The molecule has 0 radical (unpaired) electrons. The lowest BCUT2D eigenvalue weighted by molar-refractivity contribution is 0.449. The fraction of sp³-hybridized carbons (Fsp3) is 0.600. The summed E-state index contributed by atoms with van der Waals surface area (Å²) in [5.41, 5.74) is 11.3. The molecule has 2 aliphatic rings. The number of fused-ring (bicyclic) bond motifs is 1. The van der Waals surface area contributed by atoms with E-state index < -0.39 is 0 Å². The minimum Gasteiger partial charge on any atom is -0.330 e. The van der Waals surface area contributed by atoms with Crippen LogP contribution in [-0.4, -0.2) is 6.54 Å². The molecule has 0 saturated heterocycles. The third kappa shape index (κ3) is 1.41. The predicted molar refractivity (Wildman–Crippen MR) is 67.7 cm³/mol. The Morgan fingerprint density at radius 2 is 1.88 bits per heavy atom. The van der Waals surface area contributed by atoms with E-state index in [0.717, 1.165) is 6.54 Å². The molecule has 0 bridgehead atoms. The van der Waals surface area contributed by atoms with Crippen LogP contribution in [0.4, 0.5) is 0 Å². The molecule has 1 fully saturated rings. The van der Waals surface area contributed by atoms with Crippen LogP contribution in [-0.2, 0) is 18.3 Å². The van der Waals surface area contributed by atoms with Crippen LogP contribution in [0.1, 0.15) is 48.8 Å². The zero-order chi connectivity index (χ0) is 11.0. The van der Waals surface area contributed by atoms with Gasteiger partial charge in [-0.15, -0.1) is 0 Å². The van der Waals surface area contributed by atoms with Crippen LogP contribution in [0.5, 0.6) is 0 Å². The summed E-state index contributed by atoms with van der Waals surface area (Å²) < 4.78 is 0. The van der Waals surface area contributed by atoms with Crippen LogP contribution in [0.3, 0.4) is 0 Å². The van der Waals surface area contributed by atoms with Crippen molar-refractivity contribution < 1.29 is 0 Å². The Hall–Kier alpha value is -0.820. The topological polar surface area (TPSA) is 26.0 Å². The maximum Gasteiger partial charge on any atom is 0.00783 e. The first-order valence-corrected chi connectivity index (χ1v) is 6.67. The van der Waals surface area contributed by atoms with E-state index in [2.05, 4.69) is 18.2 Å². The number of hydrogen-bond acceptors (Lipinski definition) is 1. The fourth-order valence-electron chi connectivity index (χ4n) is 3.75. The van der Waals surface area contributed by atoms with Crippen LogP contribution in [0.2, 0.25) is 0 Å². The molecule has 86 valence electrons. The number of aryl methyl sites for hydroxylation is 1.